The van der Waals surface area contributed by atoms with Gasteiger partial charge in [0, 0.05) is 28.1 Å². The quantitative estimate of drug-likeness (QED) is 0.580. The number of benzene rings is 2. The number of hydrogen-bond acceptors (Lipinski definition) is 3. The first-order valence-electron chi connectivity index (χ1n) is 9.17. The Hall–Kier alpha value is -2.89. The molecule has 1 aromatic heterocycles. The van der Waals surface area contributed by atoms with Gasteiger partial charge in [0.1, 0.15) is 0 Å². The minimum absolute atomic E-state index is 0.0458. The highest BCUT2D eigenvalue weighted by atomic mass is 35.5. The van der Waals surface area contributed by atoms with Gasteiger partial charge in [-0.25, -0.2) is 4.79 Å². The molecule has 1 aliphatic heterocycles. The van der Waals surface area contributed by atoms with Gasteiger partial charge in [-0.05, 0) is 64.9 Å². The lowest BCUT2D eigenvalue weighted by Gasteiger charge is -2.36. The van der Waals surface area contributed by atoms with Gasteiger partial charge in [-0.2, -0.15) is 0 Å². The molecule has 0 bridgehead atoms. The number of fused-ring (bicyclic) bond motifs is 1. The summed E-state index contributed by atoms with van der Waals surface area (Å²) in [7, 11) is 0. The zero-order chi connectivity index (χ0) is 20.4. The number of nitrogens with zero attached hydrogens (tertiary/aromatic N) is 1. The van der Waals surface area contributed by atoms with Crippen molar-refractivity contribution in [3.63, 3.8) is 0 Å². The fourth-order valence-electron chi connectivity index (χ4n) is 3.61. The van der Waals surface area contributed by atoms with Crippen LogP contribution in [-0.4, -0.2) is 28.4 Å². The maximum absolute atomic E-state index is 13.4. The third kappa shape index (κ3) is 4.11. The Bertz CT molecular complexity index is 1070. The molecule has 1 unspecified atom stereocenters. The Balaban J connectivity index is 1.66. The number of carbonyl (C=O) groups is 2. The van der Waals surface area contributed by atoms with Crippen LogP contribution in [0.5, 0.6) is 0 Å². The highest BCUT2D eigenvalue weighted by Gasteiger charge is 2.33. The van der Waals surface area contributed by atoms with E-state index in [4.69, 9.17) is 16.7 Å². The summed E-state index contributed by atoms with van der Waals surface area (Å²) in [5.41, 5.74) is 3.51. The molecule has 0 radical (unpaired) electrons. The summed E-state index contributed by atoms with van der Waals surface area (Å²) in [6, 6.07) is 16.6. The fraction of sp³-hybridized carbons (Fsp3) is 0.130. The molecule has 4 rings (SSSR count). The summed E-state index contributed by atoms with van der Waals surface area (Å²) in [5, 5.41) is 11.5. The molecular weight excluding hydrogens is 406 g/mol. The summed E-state index contributed by atoms with van der Waals surface area (Å²) < 4.78 is 0. The van der Waals surface area contributed by atoms with E-state index in [0.29, 0.717) is 17.1 Å². The molecule has 1 atom stereocenters. The van der Waals surface area contributed by atoms with Gasteiger partial charge >= 0.3 is 5.97 Å². The average Bonchev–Trinajstić information content (AvgIpc) is 3.21. The Morgan fingerprint density at radius 3 is 2.48 bits per heavy atom. The number of aliphatic carboxylic acids is 1. The van der Waals surface area contributed by atoms with E-state index in [-0.39, 0.29) is 11.9 Å². The number of carboxylic acids is 1. The highest BCUT2D eigenvalue weighted by molar-refractivity contribution is 7.10. The van der Waals surface area contributed by atoms with E-state index in [1.54, 1.807) is 35.6 Å². The van der Waals surface area contributed by atoms with Crippen molar-refractivity contribution >= 4 is 40.9 Å². The summed E-state index contributed by atoms with van der Waals surface area (Å²) in [5.74, 6) is -1.05. The first-order valence-corrected chi connectivity index (χ1v) is 10.4. The third-order valence-corrected chi connectivity index (χ3v) is 6.24. The van der Waals surface area contributed by atoms with E-state index in [1.807, 2.05) is 29.2 Å². The van der Waals surface area contributed by atoms with Crippen molar-refractivity contribution in [2.45, 2.75) is 12.5 Å². The molecule has 0 saturated heterocycles. The van der Waals surface area contributed by atoms with Gasteiger partial charge in [0.2, 0.25) is 0 Å². The van der Waals surface area contributed by atoms with E-state index in [1.165, 1.54) is 11.0 Å². The lowest BCUT2D eigenvalue weighted by atomic mass is 9.92. The molecular formula is C23H18ClNO3S. The number of amides is 1. The Labute approximate surface area is 177 Å². The smallest absolute Gasteiger partial charge is 0.328 e. The van der Waals surface area contributed by atoms with Crippen molar-refractivity contribution < 1.29 is 14.7 Å². The van der Waals surface area contributed by atoms with Crippen LogP contribution < -0.4 is 0 Å². The summed E-state index contributed by atoms with van der Waals surface area (Å²) >= 11 is 7.79. The molecule has 1 N–H and O–H groups in total. The number of halogens is 1. The number of thiophene rings is 1. The highest BCUT2D eigenvalue weighted by Crippen LogP contribution is 2.38. The fourth-order valence-corrected chi connectivity index (χ4v) is 4.64. The molecule has 0 saturated carbocycles. The predicted molar refractivity (Wildman–Crippen MR) is 115 cm³/mol. The van der Waals surface area contributed by atoms with E-state index < -0.39 is 5.97 Å². The predicted octanol–water partition coefficient (Wildman–Crippen LogP) is 5.29. The summed E-state index contributed by atoms with van der Waals surface area (Å²) in [4.78, 5) is 27.2. The molecule has 1 aliphatic rings. The maximum Gasteiger partial charge on any atom is 0.328 e. The molecule has 0 aliphatic carbocycles. The summed E-state index contributed by atoms with van der Waals surface area (Å²) in [6.07, 6.45) is 3.42. The first kappa shape index (κ1) is 19.4. The van der Waals surface area contributed by atoms with Crippen LogP contribution in [0.25, 0.3) is 6.08 Å². The van der Waals surface area contributed by atoms with Crippen molar-refractivity contribution in [2.75, 3.05) is 6.54 Å². The molecule has 1 amide bonds. The van der Waals surface area contributed by atoms with E-state index >= 15 is 0 Å². The largest absolute Gasteiger partial charge is 0.478 e. The lowest BCUT2D eigenvalue weighted by molar-refractivity contribution is -0.131. The minimum Gasteiger partial charge on any atom is -0.478 e. The standard InChI is InChI=1S/C23H18ClNO3S/c24-18-8-6-16(7-9-18)22-19-12-14-29-20(19)11-13-25(22)23(28)17-4-1-15(2-5-17)3-10-21(26)27/h1-10,12,14,22H,11,13H2,(H,26,27)/b10-3+. The SMILES string of the molecule is O=C(O)/C=C/c1ccc(C(=O)N2CCc3sccc3C2c2ccc(Cl)cc2)cc1. The number of hydrogen-bond donors (Lipinski definition) is 1. The average molecular weight is 424 g/mol. The Morgan fingerprint density at radius 2 is 1.79 bits per heavy atom. The number of rotatable bonds is 4. The van der Waals surface area contributed by atoms with Gasteiger partial charge in [-0.3, -0.25) is 4.79 Å². The number of carboxylic acid groups (broad SMARTS) is 1. The molecule has 0 fully saturated rings. The van der Waals surface area contributed by atoms with E-state index in [9.17, 15) is 9.59 Å². The van der Waals surface area contributed by atoms with Crippen LogP contribution in [0.1, 0.15) is 38.0 Å². The van der Waals surface area contributed by atoms with Gasteiger partial charge in [0.05, 0.1) is 6.04 Å². The third-order valence-electron chi connectivity index (χ3n) is 4.99. The summed E-state index contributed by atoms with van der Waals surface area (Å²) in [6.45, 7) is 0.639. The van der Waals surface area contributed by atoms with Crippen molar-refractivity contribution in [3.05, 3.63) is 98.2 Å². The Kier molecular flexibility index (Phi) is 5.51. The van der Waals surface area contributed by atoms with Crippen molar-refractivity contribution in [3.8, 4) is 0 Å². The molecule has 0 spiro atoms. The van der Waals surface area contributed by atoms with Crippen LogP contribution >= 0.6 is 22.9 Å². The van der Waals surface area contributed by atoms with E-state index in [2.05, 4.69) is 11.4 Å². The normalized spacial score (nSPS) is 16.0. The first-order chi connectivity index (χ1) is 14.0. The molecule has 2 heterocycles. The second-order valence-electron chi connectivity index (χ2n) is 6.80. The van der Waals surface area contributed by atoms with Crippen LogP contribution in [0, 0.1) is 0 Å². The minimum atomic E-state index is -1.00. The van der Waals surface area contributed by atoms with Crippen LogP contribution in [0.4, 0.5) is 0 Å². The van der Waals surface area contributed by atoms with Crippen LogP contribution in [0.2, 0.25) is 5.02 Å². The Morgan fingerprint density at radius 1 is 1.07 bits per heavy atom. The monoisotopic (exact) mass is 423 g/mol. The number of carbonyl (C=O) groups excluding carboxylic acids is 1. The topological polar surface area (TPSA) is 57.6 Å². The van der Waals surface area contributed by atoms with Crippen molar-refractivity contribution in [2.24, 2.45) is 0 Å². The molecule has 6 heteroatoms. The van der Waals surface area contributed by atoms with Gasteiger partial charge < -0.3 is 10.0 Å². The maximum atomic E-state index is 13.4. The lowest BCUT2D eigenvalue weighted by Crippen LogP contribution is -2.40. The van der Waals surface area contributed by atoms with Crippen LogP contribution in [-0.2, 0) is 11.2 Å². The van der Waals surface area contributed by atoms with E-state index in [0.717, 1.165) is 29.2 Å². The second-order valence-corrected chi connectivity index (χ2v) is 8.23. The van der Waals surface area contributed by atoms with Crippen LogP contribution in [0.15, 0.2) is 66.1 Å². The molecule has 3 aromatic rings. The zero-order valence-electron chi connectivity index (χ0n) is 15.4. The zero-order valence-corrected chi connectivity index (χ0v) is 17.0. The second kappa shape index (κ2) is 8.23. The van der Waals surface area contributed by atoms with Gasteiger partial charge in [-0.15, -0.1) is 11.3 Å². The molecule has 2 aromatic carbocycles. The molecule has 146 valence electrons. The van der Waals surface area contributed by atoms with Gasteiger partial charge in [-0.1, -0.05) is 35.9 Å². The van der Waals surface area contributed by atoms with Gasteiger partial charge in [0.15, 0.2) is 0 Å². The van der Waals surface area contributed by atoms with Gasteiger partial charge in [0.25, 0.3) is 5.91 Å². The molecule has 4 nitrogen and oxygen atoms in total. The molecule has 29 heavy (non-hydrogen) atoms. The van der Waals surface area contributed by atoms with Crippen molar-refractivity contribution in [1.29, 1.82) is 0 Å². The van der Waals surface area contributed by atoms with Crippen LogP contribution in [0.3, 0.4) is 0 Å². The van der Waals surface area contributed by atoms with Crippen molar-refractivity contribution in [1.82, 2.24) is 4.90 Å².